The first-order valence-electron chi connectivity index (χ1n) is 9.24. The standard InChI is InChI=1S/C22H18Cl2N2O5S/c1-30-19-9-13(5-7-18(19)31-11-15-16(23)3-2-4-17(15)24)6-8-20(27)26-22-25-14(12-32-22)10-21(28)29/h2-9,12H,10-11H2,1H3,(H,28,29)(H,25,26,27)/b8-6+. The van der Waals surface area contributed by atoms with Crippen LogP contribution in [0.5, 0.6) is 11.5 Å². The number of rotatable bonds is 9. The van der Waals surface area contributed by atoms with Crippen molar-refractivity contribution >= 4 is 57.6 Å². The Bertz CT molecular complexity index is 1140. The average molecular weight is 493 g/mol. The van der Waals surface area contributed by atoms with Crippen LogP contribution in [0.4, 0.5) is 5.13 Å². The van der Waals surface area contributed by atoms with Gasteiger partial charge in [0.1, 0.15) is 6.61 Å². The number of aromatic nitrogens is 1. The molecule has 0 radical (unpaired) electrons. The number of methoxy groups -OCH3 is 1. The van der Waals surface area contributed by atoms with Gasteiger partial charge in [-0.3, -0.25) is 14.9 Å². The number of nitrogens with zero attached hydrogens (tertiary/aromatic N) is 1. The largest absolute Gasteiger partial charge is 0.493 e. The molecule has 7 nitrogen and oxygen atoms in total. The van der Waals surface area contributed by atoms with Crippen molar-refractivity contribution in [2.75, 3.05) is 12.4 Å². The van der Waals surface area contributed by atoms with E-state index in [0.717, 1.165) is 11.3 Å². The molecule has 0 saturated carbocycles. The van der Waals surface area contributed by atoms with Crippen molar-refractivity contribution in [3.63, 3.8) is 0 Å². The molecule has 0 aliphatic heterocycles. The molecule has 0 fully saturated rings. The van der Waals surface area contributed by atoms with Gasteiger partial charge in [-0.1, -0.05) is 35.3 Å². The minimum atomic E-state index is -0.982. The molecule has 1 amide bonds. The zero-order valence-electron chi connectivity index (χ0n) is 16.8. The number of amides is 1. The van der Waals surface area contributed by atoms with Gasteiger partial charge in [0.2, 0.25) is 5.91 Å². The number of aliphatic carboxylic acids is 1. The number of ether oxygens (including phenoxy) is 2. The van der Waals surface area contributed by atoms with E-state index < -0.39 is 11.9 Å². The molecule has 2 aromatic carbocycles. The van der Waals surface area contributed by atoms with Gasteiger partial charge in [0.25, 0.3) is 0 Å². The number of nitrogens with one attached hydrogen (secondary N) is 1. The van der Waals surface area contributed by atoms with E-state index in [-0.39, 0.29) is 13.0 Å². The summed E-state index contributed by atoms with van der Waals surface area (Å²) in [6.45, 7) is 0.171. The van der Waals surface area contributed by atoms with E-state index in [1.807, 2.05) is 0 Å². The number of benzene rings is 2. The molecule has 0 saturated heterocycles. The molecule has 1 aromatic heterocycles. The number of anilines is 1. The van der Waals surface area contributed by atoms with Crippen LogP contribution >= 0.6 is 34.5 Å². The van der Waals surface area contributed by atoms with E-state index in [2.05, 4.69) is 10.3 Å². The van der Waals surface area contributed by atoms with Crippen molar-refractivity contribution < 1.29 is 24.2 Å². The Kier molecular flexibility index (Phi) is 8.10. The van der Waals surface area contributed by atoms with Crippen molar-refractivity contribution in [1.29, 1.82) is 0 Å². The van der Waals surface area contributed by atoms with Crippen molar-refractivity contribution in [2.45, 2.75) is 13.0 Å². The number of carbonyl (C=O) groups is 2. The lowest BCUT2D eigenvalue weighted by Crippen LogP contribution is -2.08. The molecule has 3 rings (SSSR count). The van der Waals surface area contributed by atoms with Gasteiger partial charge in [-0.05, 0) is 35.9 Å². The molecule has 3 aromatic rings. The van der Waals surface area contributed by atoms with Gasteiger partial charge in [0.05, 0.1) is 19.2 Å². The average Bonchev–Trinajstić information content (AvgIpc) is 3.18. The lowest BCUT2D eigenvalue weighted by molar-refractivity contribution is -0.136. The van der Waals surface area contributed by atoms with Gasteiger partial charge < -0.3 is 14.6 Å². The maximum Gasteiger partial charge on any atom is 0.309 e. The van der Waals surface area contributed by atoms with Gasteiger partial charge in [-0.15, -0.1) is 11.3 Å². The van der Waals surface area contributed by atoms with Crippen LogP contribution in [0.1, 0.15) is 16.8 Å². The first-order valence-corrected chi connectivity index (χ1v) is 10.9. The van der Waals surface area contributed by atoms with Gasteiger partial charge in [0.15, 0.2) is 16.6 Å². The summed E-state index contributed by atoms with van der Waals surface area (Å²) in [5.41, 5.74) is 1.78. The first kappa shape index (κ1) is 23.6. The Hall–Kier alpha value is -3.07. The SMILES string of the molecule is COc1cc(/C=C/C(=O)Nc2nc(CC(=O)O)cs2)ccc1OCc1c(Cl)cccc1Cl. The van der Waals surface area contributed by atoms with E-state index in [1.54, 1.807) is 47.9 Å². The topological polar surface area (TPSA) is 97.8 Å². The fraction of sp³-hybridized carbons (Fsp3) is 0.136. The summed E-state index contributed by atoms with van der Waals surface area (Å²) in [6, 6.07) is 10.4. The summed E-state index contributed by atoms with van der Waals surface area (Å²) in [6.07, 6.45) is 2.76. The second-order valence-electron chi connectivity index (χ2n) is 6.44. The van der Waals surface area contributed by atoms with E-state index in [9.17, 15) is 9.59 Å². The van der Waals surface area contributed by atoms with E-state index in [4.69, 9.17) is 37.8 Å². The molecular weight excluding hydrogens is 475 g/mol. The highest BCUT2D eigenvalue weighted by Crippen LogP contribution is 2.31. The molecule has 0 atom stereocenters. The molecular formula is C22H18Cl2N2O5S. The molecule has 166 valence electrons. The van der Waals surface area contributed by atoms with Crippen LogP contribution in [-0.4, -0.2) is 29.1 Å². The number of hydrogen-bond acceptors (Lipinski definition) is 6. The summed E-state index contributed by atoms with van der Waals surface area (Å²) in [4.78, 5) is 26.9. The third kappa shape index (κ3) is 6.46. The lowest BCUT2D eigenvalue weighted by Gasteiger charge is -2.13. The fourth-order valence-electron chi connectivity index (χ4n) is 2.65. The lowest BCUT2D eigenvalue weighted by atomic mass is 10.2. The highest BCUT2D eigenvalue weighted by Gasteiger charge is 2.10. The maximum absolute atomic E-state index is 12.1. The summed E-state index contributed by atoms with van der Waals surface area (Å²) in [5.74, 6) is -0.397. The van der Waals surface area contributed by atoms with Gasteiger partial charge in [-0.25, -0.2) is 4.98 Å². The smallest absolute Gasteiger partial charge is 0.309 e. The molecule has 0 aliphatic rings. The van der Waals surface area contributed by atoms with Gasteiger partial charge in [-0.2, -0.15) is 0 Å². The molecule has 2 N–H and O–H groups in total. The minimum Gasteiger partial charge on any atom is -0.493 e. The van der Waals surface area contributed by atoms with Crippen molar-refractivity contribution in [3.8, 4) is 11.5 Å². The minimum absolute atomic E-state index is 0.171. The normalized spacial score (nSPS) is 10.8. The Balaban J connectivity index is 1.63. The summed E-state index contributed by atoms with van der Waals surface area (Å²) in [5, 5.41) is 14.3. The third-order valence-electron chi connectivity index (χ3n) is 4.16. The Morgan fingerprint density at radius 1 is 1.19 bits per heavy atom. The monoisotopic (exact) mass is 492 g/mol. The first-order chi connectivity index (χ1) is 15.4. The van der Waals surface area contributed by atoms with Crippen molar-refractivity contribution in [2.24, 2.45) is 0 Å². The van der Waals surface area contributed by atoms with E-state index >= 15 is 0 Å². The van der Waals surface area contributed by atoms with Crippen molar-refractivity contribution in [1.82, 2.24) is 4.98 Å². The van der Waals surface area contributed by atoms with Gasteiger partial charge >= 0.3 is 5.97 Å². The predicted octanol–water partition coefficient (Wildman–Crippen LogP) is 5.32. The van der Waals surface area contributed by atoms with Crippen LogP contribution in [0, 0.1) is 0 Å². The third-order valence-corrected chi connectivity index (χ3v) is 5.68. The molecule has 32 heavy (non-hydrogen) atoms. The second-order valence-corrected chi connectivity index (χ2v) is 8.11. The van der Waals surface area contributed by atoms with Gasteiger partial charge in [0, 0.05) is 27.1 Å². The zero-order valence-corrected chi connectivity index (χ0v) is 19.1. The molecule has 0 unspecified atom stereocenters. The molecule has 0 aliphatic carbocycles. The zero-order chi connectivity index (χ0) is 23.1. The highest BCUT2D eigenvalue weighted by atomic mass is 35.5. The molecule has 0 spiro atoms. The van der Waals surface area contributed by atoms with Crippen molar-refractivity contribution in [3.05, 3.63) is 74.7 Å². The molecule has 0 bridgehead atoms. The summed E-state index contributed by atoms with van der Waals surface area (Å²) >= 11 is 13.5. The highest BCUT2D eigenvalue weighted by molar-refractivity contribution is 7.14. The van der Waals surface area contributed by atoms with Crippen LogP contribution < -0.4 is 14.8 Å². The summed E-state index contributed by atoms with van der Waals surface area (Å²) in [7, 11) is 1.52. The quantitative estimate of drug-likeness (QED) is 0.392. The van der Waals surface area contributed by atoms with Crippen LogP contribution in [0.3, 0.4) is 0 Å². The maximum atomic E-state index is 12.1. The number of thiazole rings is 1. The number of carboxylic acid groups (broad SMARTS) is 1. The van der Waals surface area contributed by atoms with Crippen LogP contribution in [-0.2, 0) is 22.6 Å². The van der Waals surface area contributed by atoms with Crippen LogP contribution in [0.2, 0.25) is 10.0 Å². The van der Waals surface area contributed by atoms with E-state index in [1.165, 1.54) is 13.2 Å². The van der Waals surface area contributed by atoms with Crippen LogP contribution in [0.25, 0.3) is 6.08 Å². The van der Waals surface area contributed by atoms with E-state index in [0.29, 0.717) is 43.5 Å². The number of carbonyl (C=O) groups excluding carboxylic acids is 1. The second kappa shape index (κ2) is 11.0. The Morgan fingerprint density at radius 2 is 1.94 bits per heavy atom. The predicted molar refractivity (Wildman–Crippen MR) is 125 cm³/mol. The molecule has 10 heteroatoms. The number of hydrogen-bond donors (Lipinski definition) is 2. The summed E-state index contributed by atoms with van der Waals surface area (Å²) < 4.78 is 11.2. The van der Waals surface area contributed by atoms with Crippen LogP contribution in [0.15, 0.2) is 47.9 Å². The number of halogens is 2. The fourth-order valence-corrected chi connectivity index (χ4v) is 3.87. The Morgan fingerprint density at radius 3 is 2.62 bits per heavy atom. The Labute approximate surface area is 198 Å². The number of carboxylic acids is 1. The molecule has 1 heterocycles.